The maximum atomic E-state index is 14.5. The van der Waals surface area contributed by atoms with Crippen molar-refractivity contribution in [1.82, 2.24) is 15.0 Å². The Hall–Kier alpha value is -4.32. The number of benzene rings is 3. The molecule has 2 fully saturated rings. The van der Waals surface area contributed by atoms with Crippen molar-refractivity contribution in [3.63, 3.8) is 0 Å². The highest BCUT2D eigenvalue weighted by Crippen LogP contribution is 2.60. The van der Waals surface area contributed by atoms with Gasteiger partial charge in [-0.05, 0) is 54.3 Å². The van der Waals surface area contributed by atoms with Crippen LogP contribution >= 0.6 is 0 Å². The van der Waals surface area contributed by atoms with Crippen LogP contribution in [0.15, 0.2) is 79.0 Å². The predicted octanol–water partition coefficient (Wildman–Crippen LogP) is 4.82. The Bertz CT molecular complexity index is 1850. The summed E-state index contributed by atoms with van der Waals surface area (Å²) in [5.74, 6) is 0.434. The number of likely N-dealkylation sites (N-methyl/N-ethyl adjacent to an activating group) is 1. The zero-order valence-corrected chi connectivity index (χ0v) is 29.9. The smallest absolute Gasteiger partial charge is 0.264 e. The van der Waals surface area contributed by atoms with Gasteiger partial charge in [-0.2, -0.15) is 0 Å². The fourth-order valence-corrected chi connectivity index (χ4v) is 12.7. The highest BCUT2D eigenvalue weighted by atomic mass is 28.3. The van der Waals surface area contributed by atoms with Crippen molar-refractivity contribution in [2.75, 3.05) is 37.1 Å². The molecule has 4 heterocycles. The zero-order chi connectivity index (χ0) is 34.5. The van der Waals surface area contributed by atoms with Crippen LogP contribution < -0.4 is 19.7 Å². The largest absolute Gasteiger partial charge is 0.497 e. The lowest BCUT2D eigenvalue weighted by Crippen LogP contribution is -2.51. The fourth-order valence-electron chi connectivity index (χ4n) is 8.66. The molecule has 2 saturated heterocycles. The quantitative estimate of drug-likeness (QED) is 0.240. The first-order valence-corrected chi connectivity index (χ1v) is 20.3. The van der Waals surface area contributed by atoms with E-state index in [-0.39, 0.29) is 41.9 Å². The van der Waals surface area contributed by atoms with Crippen LogP contribution in [0, 0.1) is 5.92 Å². The van der Waals surface area contributed by atoms with Gasteiger partial charge < -0.3 is 24.4 Å². The summed E-state index contributed by atoms with van der Waals surface area (Å²) in [6.07, 6.45) is 3.64. The molecule has 1 spiro atoms. The van der Waals surface area contributed by atoms with E-state index in [2.05, 4.69) is 42.5 Å². The monoisotopic (exact) mass is 679 g/mol. The minimum absolute atomic E-state index is 0.0661. The molecule has 0 saturated carbocycles. The number of carbonyl (C=O) groups excluding carboxylic acids is 2. The fraction of sp³-hybridized carbons (Fsp3) is 0.421. The Morgan fingerprint density at radius 3 is 2.51 bits per heavy atom. The van der Waals surface area contributed by atoms with Crippen LogP contribution in [0.1, 0.15) is 48.9 Å². The van der Waals surface area contributed by atoms with Gasteiger partial charge in [-0.15, -0.1) is 5.10 Å². The lowest BCUT2D eigenvalue weighted by Gasteiger charge is -2.37. The zero-order valence-electron chi connectivity index (χ0n) is 28.9. The van der Waals surface area contributed by atoms with Gasteiger partial charge in [-0.25, -0.2) is 0 Å². The molecule has 0 bridgehead atoms. The third-order valence-electron chi connectivity index (χ3n) is 11.3. The molecule has 2 amide bonds. The van der Waals surface area contributed by atoms with Crippen LogP contribution in [0.25, 0.3) is 0 Å². The van der Waals surface area contributed by atoms with Gasteiger partial charge in [0.1, 0.15) is 5.75 Å². The molecule has 10 nitrogen and oxygen atoms in total. The third kappa shape index (κ3) is 5.48. The SMILES string of the molecule is COc1ccc([Si](C)(C)[C@H]2[C@H](CCn3cc(C(CO)c4ccccc4)nn3)O[C@@]3(C(=O)N(C)c4ccc(N5CCCC5=O)cc43)[C@@H]2C)cc1. The highest BCUT2D eigenvalue weighted by Gasteiger charge is 2.65. The van der Waals surface area contributed by atoms with Crippen LogP contribution in [0.4, 0.5) is 11.4 Å². The van der Waals surface area contributed by atoms with Crippen molar-refractivity contribution in [3.8, 4) is 5.75 Å². The summed E-state index contributed by atoms with van der Waals surface area (Å²) in [6, 6.07) is 24.1. The van der Waals surface area contributed by atoms with Gasteiger partial charge >= 0.3 is 0 Å². The van der Waals surface area contributed by atoms with Crippen LogP contribution in [0.2, 0.25) is 18.6 Å². The van der Waals surface area contributed by atoms with E-state index in [9.17, 15) is 14.7 Å². The van der Waals surface area contributed by atoms with E-state index >= 15 is 0 Å². The highest BCUT2D eigenvalue weighted by molar-refractivity contribution is 6.91. The Kier molecular flexibility index (Phi) is 8.70. The Morgan fingerprint density at radius 1 is 1.08 bits per heavy atom. The molecular formula is C38H45N5O5Si. The molecule has 256 valence electrons. The van der Waals surface area contributed by atoms with Crippen molar-refractivity contribution in [2.24, 2.45) is 5.92 Å². The molecule has 7 rings (SSSR count). The Balaban J connectivity index is 1.25. The van der Waals surface area contributed by atoms with Gasteiger partial charge in [0.25, 0.3) is 5.91 Å². The minimum Gasteiger partial charge on any atom is -0.497 e. The second kappa shape index (κ2) is 12.9. The molecule has 0 radical (unpaired) electrons. The molecule has 3 aromatic carbocycles. The number of nitrogens with zero attached hydrogens (tertiary/aromatic N) is 5. The van der Waals surface area contributed by atoms with Crippen molar-refractivity contribution in [2.45, 2.75) is 69.0 Å². The number of aliphatic hydroxyl groups excluding tert-OH is 1. The van der Waals surface area contributed by atoms with E-state index in [1.807, 2.05) is 83.5 Å². The molecule has 1 unspecified atom stereocenters. The first kappa shape index (κ1) is 33.2. The number of amides is 2. The maximum absolute atomic E-state index is 14.5. The number of rotatable bonds is 10. The molecular weight excluding hydrogens is 635 g/mol. The van der Waals surface area contributed by atoms with Gasteiger partial charge in [0, 0.05) is 49.9 Å². The molecule has 3 aliphatic rings. The lowest BCUT2D eigenvalue weighted by atomic mass is 9.82. The number of carbonyl (C=O) groups is 2. The lowest BCUT2D eigenvalue weighted by molar-refractivity contribution is -0.145. The number of aliphatic hydroxyl groups is 1. The molecule has 11 heteroatoms. The summed E-state index contributed by atoms with van der Waals surface area (Å²) in [7, 11) is 1.17. The molecule has 1 N–H and O–H groups in total. The number of aryl methyl sites for hydroxylation is 1. The number of hydrogen-bond donors (Lipinski definition) is 1. The topological polar surface area (TPSA) is 110 Å². The van der Waals surface area contributed by atoms with Crippen LogP contribution in [0.5, 0.6) is 5.75 Å². The summed E-state index contributed by atoms with van der Waals surface area (Å²) in [5.41, 5.74) is 3.06. The van der Waals surface area contributed by atoms with Gasteiger partial charge in [-0.1, -0.05) is 72.9 Å². The normalized spacial score (nSPS) is 24.2. The molecule has 3 aliphatic heterocycles. The Labute approximate surface area is 288 Å². The summed E-state index contributed by atoms with van der Waals surface area (Å²) < 4.78 is 14.5. The van der Waals surface area contributed by atoms with Gasteiger partial charge in [0.2, 0.25) is 5.91 Å². The van der Waals surface area contributed by atoms with Crippen LogP contribution in [-0.2, 0) is 26.5 Å². The number of aromatic nitrogens is 3. The molecule has 4 aromatic rings. The summed E-state index contributed by atoms with van der Waals surface area (Å²) >= 11 is 0. The maximum Gasteiger partial charge on any atom is 0.264 e. The summed E-state index contributed by atoms with van der Waals surface area (Å²) in [5, 5.41) is 20.4. The van der Waals surface area contributed by atoms with Crippen molar-refractivity contribution in [3.05, 3.63) is 95.8 Å². The summed E-state index contributed by atoms with van der Waals surface area (Å²) in [4.78, 5) is 30.8. The van der Waals surface area contributed by atoms with Crippen molar-refractivity contribution >= 4 is 36.4 Å². The van der Waals surface area contributed by atoms with E-state index in [1.165, 1.54) is 5.19 Å². The minimum atomic E-state index is -2.32. The van der Waals surface area contributed by atoms with E-state index in [1.54, 1.807) is 12.0 Å². The van der Waals surface area contributed by atoms with Crippen LogP contribution in [-0.4, -0.2) is 73.4 Å². The number of methoxy groups -OCH3 is 1. The number of hydrogen-bond acceptors (Lipinski definition) is 7. The third-order valence-corrected chi connectivity index (χ3v) is 15.6. The summed E-state index contributed by atoms with van der Waals surface area (Å²) in [6.45, 7) is 8.06. The van der Waals surface area contributed by atoms with Crippen molar-refractivity contribution < 1.29 is 24.2 Å². The second-order valence-electron chi connectivity index (χ2n) is 14.2. The molecule has 49 heavy (non-hydrogen) atoms. The standard InChI is InChI=1S/C38H45N5O5Si/c1-25-36(49(4,5)29-16-14-28(47-3)15-17-29)34(19-21-42-23-32(39-40-42)30(24-44)26-10-7-6-8-11-26)48-38(25)31-22-27(43-20-9-12-35(43)45)13-18-33(31)41(2)37(38)46/h6-8,10-11,13-18,22-23,25,30,34,36,44H,9,12,19-21,24H2,1-5H3/t25-,30?,34+,36-,38+/m1/s1. The average Bonchev–Trinajstić information content (AvgIpc) is 3.88. The van der Waals surface area contributed by atoms with E-state index in [4.69, 9.17) is 9.47 Å². The first-order valence-electron chi connectivity index (χ1n) is 17.2. The number of fused-ring (bicyclic) bond motifs is 2. The van der Waals surface area contributed by atoms with E-state index in [0.29, 0.717) is 31.6 Å². The van der Waals surface area contributed by atoms with Crippen molar-refractivity contribution in [1.29, 1.82) is 0 Å². The first-order chi connectivity index (χ1) is 23.6. The molecule has 1 aromatic heterocycles. The second-order valence-corrected chi connectivity index (χ2v) is 18.9. The molecule has 0 aliphatic carbocycles. The number of ether oxygens (including phenoxy) is 2. The van der Waals surface area contributed by atoms with E-state index in [0.717, 1.165) is 34.7 Å². The number of anilines is 2. The molecule has 5 atom stereocenters. The Morgan fingerprint density at radius 2 is 1.84 bits per heavy atom. The van der Waals surface area contributed by atoms with Gasteiger partial charge in [0.15, 0.2) is 5.60 Å². The van der Waals surface area contributed by atoms with Gasteiger partial charge in [-0.3, -0.25) is 14.3 Å². The van der Waals surface area contributed by atoms with Gasteiger partial charge in [0.05, 0.1) is 45.2 Å². The van der Waals surface area contributed by atoms with Crippen LogP contribution in [0.3, 0.4) is 0 Å². The predicted molar refractivity (Wildman–Crippen MR) is 191 cm³/mol. The average molecular weight is 680 g/mol. The van der Waals surface area contributed by atoms with E-state index < -0.39 is 13.7 Å².